The van der Waals surface area contributed by atoms with Crippen molar-refractivity contribution in [2.24, 2.45) is 0 Å². The maximum absolute atomic E-state index is 13.3. The van der Waals surface area contributed by atoms with Gasteiger partial charge in [-0.1, -0.05) is 12.1 Å². The van der Waals surface area contributed by atoms with Crippen molar-refractivity contribution in [2.45, 2.75) is 26.8 Å². The monoisotopic (exact) mass is 258 g/mol. The van der Waals surface area contributed by atoms with Gasteiger partial charge < -0.3 is 5.32 Å². The minimum Gasteiger partial charge on any atom is -0.309 e. The highest BCUT2D eigenvalue weighted by Gasteiger charge is 2.16. The number of nitrogens with zero attached hydrogens (tertiary/aromatic N) is 1. The lowest BCUT2D eigenvalue weighted by molar-refractivity contribution is 0.608. The summed E-state index contributed by atoms with van der Waals surface area (Å²) in [6.07, 6.45) is 2.93. The second-order valence-electron chi connectivity index (χ2n) is 4.95. The van der Waals surface area contributed by atoms with Crippen molar-refractivity contribution in [3.63, 3.8) is 0 Å². The van der Waals surface area contributed by atoms with E-state index in [2.05, 4.69) is 43.2 Å². The molecular weight excluding hydrogens is 239 g/mol. The number of pyridine rings is 1. The van der Waals surface area contributed by atoms with Crippen LogP contribution in [-0.2, 0) is 0 Å². The predicted octanol–water partition coefficient (Wildman–Crippen LogP) is 3.45. The van der Waals surface area contributed by atoms with Gasteiger partial charge >= 0.3 is 0 Å². The second kappa shape index (κ2) is 5.49. The zero-order valence-electron chi connectivity index (χ0n) is 11.8. The van der Waals surface area contributed by atoms with Gasteiger partial charge in [-0.25, -0.2) is 4.39 Å². The summed E-state index contributed by atoms with van der Waals surface area (Å²) in [7, 11) is 1.88. The quantitative estimate of drug-likeness (QED) is 0.912. The van der Waals surface area contributed by atoms with Gasteiger partial charge in [-0.2, -0.15) is 0 Å². The highest BCUT2D eigenvalue weighted by molar-refractivity contribution is 5.41. The number of aromatic nitrogens is 1. The molecule has 0 bridgehead atoms. The van der Waals surface area contributed by atoms with Crippen molar-refractivity contribution >= 4 is 0 Å². The number of benzene rings is 1. The summed E-state index contributed by atoms with van der Waals surface area (Å²) < 4.78 is 13.3. The van der Waals surface area contributed by atoms with Crippen molar-refractivity contribution in [1.82, 2.24) is 10.3 Å². The molecule has 0 spiro atoms. The van der Waals surface area contributed by atoms with Gasteiger partial charge in [0.2, 0.25) is 0 Å². The summed E-state index contributed by atoms with van der Waals surface area (Å²) >= 11 is 0. The van der Waals surface area contributed by atoms with Gasteiger partial charge in [-0.05, 0) is 61.7 Å². The summed E-state index contributed by atoms with van der Waals surface area (Å²) in [5, 5.41) is 3.24. The Kier molecular flexibility index (Phi) is 3.96. The summed E-state index contributed by atoms with van der Waals surface area (Å²) in [5.74, 6) is -0.306. The minimum atomic E-state index is -0.306. The molecule has 0 aliphatic rings. The molecule has 1 heterocycles. The maximum Gasteiger partial charge on any atom is 0.141 e. The van der Waals surface area contributed by atoms with Gasteiger partial charge in [-0.15, -0.1) is 0 Å². The SMILES string of the molecule is CNC(c1cncc(F)c1)c1cc(C)c(C)cc1C. The zero-order chi connectivity index (χ0) is 14.0. The Morgan fingerprint density at radius 1 is 1.00 bits per heavy atom. The predicted molar refractivity (Wildman–Crippen MR) is 75.8 cm³/mol. The molecule has 0 radical (unpaired) electrons. The van der Waals surface area contributed by atoms with Crippen LogP contribution in [0.2, 0.25) is 0 Å². The average molecular weight is 258 g/mol. The molecule has 100 valence electrons. The Hall–Kier alpha value is -1.74. The summed E-state index contributed by atoms with van der Waals surface area (Å²) in [6.45, 7) is 6.28. The van der Waals surface area contributed by atoms with Crippen LogP contribution in [-0.4, -0.2) is 12.0 Å². The molecule has 0 aliphatic heterocycles. The van der Waals surface area contributed by atoms with Gasteiger partial charge in [0.25, 0.3) is 0 Å². The number of hydrogen-bond donors (Lipinski definition) is 1. The first kappa shape index (κ1) is 13.7. The average Bonchev–Trinajstić information content (AvgIpc) is 2.36. The lowest BCUT2D eigenvalue weighted by Gasteiger charge is -2.20. The summed E-state index contributed by atoms with van der Waals surface area (Å²) in [6, 6.07) is 5.82. The topological polar surface area (TPSA) is 24.9 Å². The van der Waals surface area contributed by atoms with E-state index in [1.807, 2.05) is 7.05 Å². The van der Waals surface area contributed by atoms with Crippen LogP contribution in [0, 0.1) is 26.6 Å². The fourth-order valence-electron chi connectivity index (χ4n) is 2.38. The van der Waals surface area contributed by atoms with Gasteiger partial charge in [0.15, 0.2) is 0 Å². The number of hydrogen-bond acceptors (Lipinski definition) is 2. The van der Waals surface area contributed by atoms with Crippen molar-refractivity contribution in [2.75, 3.05) is 7.05 Å². The molecule has 0 amide bonds. The van der Waals surface area contributed by atoms with E-state index in [4.69, 9.17) is 0 Å². The number of aryl methyl sites for hydroxylation is 3. The third kappa shape index (κ3) is 2.82. The molecule has 1 unspecified atom stereocenters. The number of halogens is 1. The second-order valence-corrected chi connectivity index (χ2v) is 4.95. The molecule has 0 saturated carbocycles. The molecule has 0 saturated heterocycles. The standard InChI is InChI=1S/C16H19FN2/c1-10-5-12(3)15(6-11(10)2)16(18-4)13-7-14(17)9-19-8-13/h5-9,16,18H,1-4H3. The van der Waals surface area contributed by atoms with E-state index < -0.39 is 0 Å². The first-order valence-corrected chi connectivity index (χ1v) is 6.38. The van der Waals surface area contributed by atoms with Crippen LogP contribution in [0.15, 0.2) is 30.6 Å². The van der Waals surface area contributed by atoms with Crippen molar-refractivity contribution in [1.29, 1.82) is 0 Å². The van der Waals surface area contributed by atoms with E-state index in [1.165, 1.54) is 29.0 Å². The molecule has 1 aromatic carbocycles. The van der Waals surface area contributed by atoms with Gasteiger partial charge in [-0.3, -0.25) is 4.98 Å². The van der Waals surface area contributed by atoms with E-state index in [0.717, 1.165) is 11.1 Å². The van der Waals surface area contributed by atoms with Gasteiger partial charge in [0.1, 0.15) is 5.82 Å². The lowest BCUT2D eigenvalue weighted by Crippen LogP contribution is -2.19. The minimum absolute atomic E-state index is 0.0394. The van der Waals surface area contributed by atoms with Crippen molar-refractivity contribution in [3.05, 3.63) is 64.2 Å². The summed E-state index contributed by atoms with van der Waals surface area (Å²) in [5.41, 5.74) is 5.72. The van der Waals surface area contributed by atoms with E-state index in [1.54, 1.807) is 6.20 Å². The van der Waals surface area contributed by atoms with Crippen molar-refractivity contribution < 1.29 is 4.39 Å². The number of nitrogens with one attached hydrogen (secondary N) is 1. The number of rotatable bonds is 3. The Morgan fingerprint density at radius 2 is 1.68 bits per heavy atom. The molecule has 1 atom stereocenters. The molecule has 2 aromatic rings. The van der Waals surface area contributed by atoms with Gasteiger partial charge in [0, 0.05) is 6.20 Å². The summed E-state index contributed by atoms with van der Waals surface area (Å²) in [4.78, 5) is 3.93. The molecule has 0 aliphatic carbocycles. The van der Waals surface area contributed by atoms with Crippen molar-refractivity contribution in [3.8, 4) is 0 Å². The third-order valence-electron chi connectivity index (χ3n) is 3.54. The largest absolute Gasteiger partial charge is 0.309 e. The molecule has 3 heteroatoms. The van der Waals surface area contributed by atoms with Crippen LogP contribution in [0.4, 0.5) is 4.39 Å². The molecule has 1 aromatic heterocycles. The van der Waals surface area contributed by atoms with E-state index in [9.17, 15) is 4.39 Å². The van der Waals surface area contributed by atoms with Crippen LogP contribution in [0.25, 0.3) is 0 Å². The van der Waals surface area contributed by atoms with Crippen LogP contribution in [0.3, 0.4) is 0 Å². The molecule has 1 N–H and O–H groups in total. The molecule has 2 rings (SSSR count). The highest BCUT2D eigenvalue weighted by atomic mass is 19.1. The Balaban J connectivity index is 2.51. The Labute approximate surface area is 113 Å². The van der Waals surface area contributed by atoms with Gasteiger partial charge in [0.05, 0.1) is 12.2 Å². The molecular formula is C16H19FN2. The molecule has 19 heavy (non-hydrogen) atoms. The third-order valence-corrected chi connectivity index (χ3v) is 3.54. The van der Waals surface area contributed by atoms with Crippen LogP contribution in [0.1, 0.15) is 33.9 Å². The van der Waals surface area contributed by atoms with Crippen LogP contribution in [0.5, 0.6) is 0 Å². The fraction of sp³-hybridized carbons (Fsp3) is 0.312. The van der Waals surface area contributed by atoms with Crippen LogP contribution >= 0.6 is 0 Å². The fourth-order valence-corrected chi connectivity index (χ4v) is 2.38. The molecule has 0 fully saturated rings. The van der Waals surface area contributed by atoms with E-state index >= 15 is 0 Å². The van der Waals surface area contributed by atoms with Crippen LogP contribution < -0.4 is 5.32 Å². The normalized spacial score (nSPS) is 12.5. The lowest BCUT2D eigenvalue weighted by atomic mass is 9.92. The Bertz CT molecular complexity index is 593. The van der Waals surface area contributed by atoms with E-state index in [-0.39, 0.29) is 11.9 Å². The zero-order valence-corrected chi connectivity index (χ0v) is 11.8. The molecule has 2 nitrogen and oxygen atoms in total. The first-order valence-electron chi connectivity index (χ1n) is 6.38. The maximum atomic E-state index is 13.3. The van der Waals surface area contributed by atoms with E-state index in [0.29, 0.717) is 0 Å². The highest BCUT2D eigenvalue weighted by Crippen LogP contribution is 2.26. The first-order chi connectivity index (χ1) is 9.02. The smallest absolute Gasteiger partial charge is 0.141 e. The Morgan fingerprint density at radius 3 is 2.32 bits per heavy atom.